The minimum atomic E-state index is 0. The smallest absolute Gasteiger partial charge is 0.193 e. The molecule has 3 rings (SSSR count). The van der Waals surface area contributed by atoms with E-state index in [0.29, 0.717) is 12.5 Å². The molecule has 0 radical (unpaired) electrons. The molecule has 0 heterocycles. The number of aryl methyl sites for hydroxylation is 2. The van der Waals surface area contributed by atoms with Gasteiger partial charge in [0.1, 0.15) is 5.75 Å². The lowest BCUT2D eigenvalue weighted by molar-refractivity contribution is 0.414. The van der Waals surface area contributed by atoms with Gasteiger partial charge in [-0.1, -0.05) is 18.2 Å². The highest BCUT2D eigenvalue weighted by atomic mass is 127. The number of rotatable bonds is 5. The first kappa shape index (κ1) is 18.6. The first-order valence-corrected chi connectivity index (χ1v) is 8.06. The molecule has 0 atom stereocenters. The van der Waals surface area contributed by atoms with Gasteiger partial charge < -0.3 is 15.8 Å². The quantitative estimate of drug-likeness (QED) is 0.426. The van der Waals surface area contributed by atoms with Gasteiger partial charge >= 0.3 is 0 Å². The molecule has 4 nitrogen and oxygen atoms in total. The first-order chi connectivity index (χ1) is 11.2. The highest BCUT2D eigenvalue weighted by Crippen LogP contribution is 2.24. The second-order valence-corrected chi connectivity index (χ2v) is 5.83. The maximum atomic E-state index is 5.99. The summed E-state index contributed by atoms with van der Waals surface area (Å²) in [5.74, 6) is 1.33. The summed E-state index contributed by atoms with van der Waals surface area (Å²) in [6, 6.07) is 14.5. The van der Waals surface area contributed by atoms with Crippen molar-refractivity contribution in [3.8, 4) is 5.75 Å². The van der Waals surface area contributed by atoms with Gasteiger partial charge in [-0.2, -0.15) is 0 Å². The number of fused-ring (bicyclic) bond motifs is 1. The van der Waals surface area contributed by atoms with Crippen LogP contribution in [0.15, 0.2) is 47.5 Å². The zero-order chi connectivity index (χ0) is 16.1. The van der Waals surface area contributed by atoms with Gasteiger partial charge in [0.25, 0.3) is 0 Å². The second kappa shape index (κ2) is 8.92. The van der Waals surface area contributed by atoms with Crippen LogP contribution in [0.1, 0.15) is 23.1 Å². The van der Waals surface area contributed by atoms with Crippen LogP contribution in [0.5, 0.6) is 5.75 Å². The van der Waals surface area contributed by atoms with Crippen LogP contribution < -0.4 is 15.8 Å². The molecule has 0 bridgehead atoms. The molecule has 0 saturated heterocycles. The second-order valence-electron chi connectivity index (χ2n) is 5.83. The van der Waals surface area contributed by atoms with E-state index in [1.54, 1.807) is 7.11 Å². The molecule has 128 valence electrons. The zero-order valence-corrected chi connectivity index (χ0v) is 16.2. The monoisotopic (exact) mass is 437 g/mol. The van der Waals surface area contributed by atoms with Crippen LogP contribution in [0.25, 0.3) is 0 Å². The minimum absolute atomic E-state index is 0. The topological polar surface area (TPSA) is 59.6 Å². The third kappa shape index (κ3) is 4.87. The summed E-state index contributed by atoms with van der Waals surface area (Å²) in [5.41, 5.74) is 11.1. The summed E-state index contributed by atoms with van der Waals surface area (Å²) in [6.07, 6.45) is 4.45. The minimum Gasteiger partial charge on any atom is -0.497 e. The maximum Gasteiger partial charge on any atom is 0.193 e. The Morgan fingerprint density at radius 1 is 1.17 bits per heavy atom. The van der Waals surface area contributed by atoms with Crippen molar-refractivity contribution >= 4 is 35.6 Å². The third-order valence-electron chi connectivity index (χ3n) is 4.19. The number of benzene rings is 2. The predicted molar refractivity (Wildman–Crippen MR) is 111 cm³/mol. The van der Waals surface area contributed by atoms with Gasteiger partial charge in [-0.15, -0.1) is 24.0 Å². The van der Waals surface area contributed by atoms with Gasteiger partial charge in [-0.3, -0.25) is 4.99 Å². The fraction of sp³-hybridized carbons (Fsp3) is 0.316. The number of nitrogens with zero attached hydrogens (tertiary/aromatic N) is 1. The number of hydrogen-bond donors (Lipinski definition) is 2. The molecule has 0 unspecified atom stereocenters. The van der Waals surface area contributed by atoms with E-state index >= 15 is 0 Å². The van der Waals surface area contributed by atoms with E-state index in [9.17, 15) is 0 Å². The molecule has 1 aliphatic carbocycles. The predicted octanol–water partition coefficient (Wildman–Crippen LogP) is 3.77. The Bertz CT molecular complexity index is 716. The molecule has 1 aliphatic rings. The van der Waals surface area contributed by atoms with E-state index in [-0.39, 0.29) is 24.0 Å². The van der Waals surface area contributed by atoms with E-state index in [4.69, 9.17) is 10.5 Å². The standard InChI is InChI=1S/C19H23N3O.HI/c1-23-18-7-2-4-14(12-18)10-11-21-19(20)22-17-9-8-15-5-3-6-16(15)13-17;/h2,4,7-9,12-13H,3,5-6,10-11H2,1H3,(H3,20,21,22);1H. The lowest BCUT2D eigenvalue weighted by Gasteiger charge is -2.08. The summed E-state index contributed by atoms with van der Waals surface area (Å²) < 4.78 is 5.22. The van der Waals surface area contributed by atoms with Crippen LogP contribution in [0, 0.1) is 0 Å². The van der Waals surface area contributed by atoms with Gasteiger partial charge in [0.05, 0.1) is 7.11 Å². The summed E-state index contributed by atoms with van der Waals surface area (Å²) in [4.78, 5) is 4.41. The van der Waals surface area contributed by atoms with Crippen LogP contribution in [0.2, 0.25) is 0 Å². The van der Waals surface area contributed by atoms with Crippen molar-refractivity contribution in [2.75, 3.05) is 19.0 Å². The average Bonchev–Trinajstić information content (AvgIpc) is 3.02. The van der Waals surface area contributed by atoms with E-state index in [1.807, 2.05) is 18.2 Å². The molecule has 0 fully saturated rings. The van der Waals surface area contributed by atoms with Crippen molar-refractivity contribution in [3.63, 3.8) is 0 Å². The fourth-order valence-electron chi connectivity index (χ4n) is 2.97. The molecule has 0 aliphatic heterocycles. The van der Waals surface area contributed by atoms with Crippen molar-refractivity contribution in [2.24, 2.45) is 10.7 Å². The SMILES string of the molecule is COc1cccc(CCN=C(N)Nc2ccc3c(c2)CCC3)c1.I. The largest absolute Gasteiger partial charge is 0.497 e. The van der Waals surface area contributed by atoms with Crippen LogP contribution in [-0.4, -0.2) is 19.6 Å². The lowest BCUT2D eigenvalue weighted by Crippen LogP contribution is -2.23. The van der Waals surface area contributed by atoms with Gasteiger partial charge in [-0.25, -0.2) is 0 Å². The summed E-state index contributed by atoms with van der Waals surface area (Å²) in [6.45, 7) is 0.650. The molecule has 24 heavy (non-hydrogen) atoms. The molecular formula is C19H24IN3O. The normalized spacial score (nSPS) is 13.1. The number of methoxy groups -OCH3 is 1. The highest BCUT2D eigenvalue weighted by Gasteiger charge is 2.10. The van der Waals surface area contributed by atoms with E-state index in [2.05, 4.69) is 34.6 Å². The number of ether oxygens (including phenoxy) is 1. The van der Waals surface area contributed by atoms with Crippen LogP contribution >= 0.6 is 24.0 Å². The molecule has 0 aromatic heterocycles. The van der Waals surface area contributed by atoms with Crippen molar-refractivity contribution in [1.82, 2.24) is 0 Å². The van der Waals surface area contributed by atoms with Crippen molar-refractivity contribution in [1.29, 1.82) is 0 Å². The number of nitrogens with one attached hydrogen (secondary N) is 1. The molecule has 0 saturated carbocycles. The number of anilines is 1. The Balaban J connectivity index is 0.00000208. The number of aliphatic imine (C=N–C) groups is 1. The number of nitrogens with two attached hydrogens (primary N) is 1. The summed E-state index contributed by atoms with van der Waals surface area (Å²) in [5, 5.41) is 3.18. The average molecular weight is 437 g/mol. The van der Waals surface area contributed by atoms with Crippen LogP contribution in [0.3, 0.4) is 0 Å². The van der Waals surface area contributed by atoms with Gasteiger partial charge in [0.2, 0.25) is 0 Å². The fourth-order valence-corrected chi connectivity index (χ4v) is 2.97. The number of guanidine groups is 1. The first-order valence-electron chi connectivity index (χ1n) is 8.06. The molecule has 2 aromatic rings. The van der Waals surface area contributed by atoms with E-state index < -0.39 is 0 Å². The highest BCUT2D eigenvalue weighted by molar-refractivity contribution is 14.0. The molecule has 0 spiro atoms. The lowest BCUT2D eigenvalue weighted by atomic mass is 10.1. The van der Waals surface area contributed by atoms with Crippen molar-refractivity contribution in [3.05, 3.63) is 59.2 Å². The van der Waals surface area contributed by atoms with Gasteiger partial charge in [0.15, 0.2) is 5.96 Å². The van der Waals surface area contributed by atoms with Gasteiger partial charge in [0, 0.05) is 12.2 Å². The summed E-state index contributed by atoms with van der Waals surface area (Å²) >= 11 is 0. The Labute approximate surface area is 160 Å². The van der Waals surface area contributed by atoms with Crippen molar-refractivity contribution in [2.45, 2.75) is 25.7 Å². The Kier molecular flexibility index (Phi) is 6.90. The molecular weight excluding hydrogens is 413 g/mol. The van der Waals surface area contributed by atoms with Crippen LogP contribution in [0.4, 0.5) is 5.69 Å². The molecule has 0 amide bonds. The third-order valence-corrected chi connectivity index (χ3v) is 4.19. The molecule has 2 aromatic carbocycles. The molecule has 5 heteroatoms. The Hall–Kier alpha value is -1.76. The van der Waals surface area contributed by atoms with E-state index in [0.717, 1.165) is 24.3 Å². The number of hydrogen-bond acceptors (Lipinski definition) is 2. The van der Waals surface area contributed by atoms with Gasteiger partial charge in [-0.05, 0) is 66.6 Å². The number of halogens is 1. The summed E-state index contributed by atoms with van der Waals surface area (Å²) in [7, 11) is 1.68. The maximum absolute atomic E-state index is 5.99. The van der Waals surface area contributed by atoms with Crippen molar-refractivity contribution < 1.29 is 4.74 Å². The Morgan fingerprint density at radius 3 is 2.83 bits per heavy atom. The molecule has 3 N–H and O–H groups in total. The zero-order valence-electron chi connectivity index (χ0n) is 13.9. The van der Waals surface area contributed by atoms with Crippen LogP contribution in [-0.2, 0) is 19.3 Å². The van der Waals surface area contributed by atoms with E-state index in [1.165, 1.54) is 29.5 Å². The Morgan fingerprint density at radius 2 is 2.00 bits per heavy atom.